The quantitative estimate of drug-likeness (QED) is 0.456. The summed E-state index contributed by atoms with van der Waals surface area (Å²) in [6, 6.07) is 1.74. The number of hydrogen-bond acceptors (Lipinski definition) is 3. The zero-order valence-corrected chi connectivity index (χ0v) is 18.7. The molecule has 0 N–H and O–H groups in total. The monoisotopic (exact) mass is 378 g/mol. The van der Waals surface area contributed by atoms with Crippen LogP contribution < -0.4 is 9.16 Å². The summed E-state index contributed by atoms with van der Waals surface area (Å²) < 4.78 is 20.6. The summed E-state index contributed by atoms with van der Waals surface area (Å²) in [6.07, 6.45) is 2.28. The van der Waals surface area contributed by atoms with Crippen molar-refractivity contribution in [3.8, 4) is 11.5 Å². The first-order chi connectivity index (χ1) is 12.4. The molecule has 0 saturated heterocycles. The Morgan fingerprint density at radius 2 is 1.92 bits per heavy atom. The second-order valence-electron chi connectivity index (χ2n) is 7.87. The zero-order valence-electron chi connectivity index (χ0n) is 18.7. The van der Waals surface area contributed by atoms with E-state index in [1.807, 2.05) is 13.8 Å². The molecular formula is C21H35NO3Si. The number of carbonyl (C=O) groups excluding carboxylic acids is 1. The van der Waals surface area contributed by atoms with Crippen LogP contribution in [0, 0.1) is 0 Å². The van der Waals surface area contributed by atoms with Gasteiger partial charge in [-0.05, 0) is 50.5 Å². The number of nitrogens with zero attached hydrogens (tertiary/aromatic N) is 1. The number of methoxy groups -OCH3 is 1. The molecule has 0 atom stereocenters. The van der Waals surface area contributed by atoms with Crippen LogP contribution >= 0.6 is 0 Å². The molecular weight excluding hydrogens is 342 g/mol. The Labute approximate surface area is 161 Å². The van der Waals surface area contributed by atoms with Crippen molar-refractivity contribution in [1.82, 2.24) is 4.90 Å². The van der Waals surface area contributed by atoms with Crippen molar-refractivity contribution in [2.45, 2.75) is 59.2 Å². The molecule has 0 heterocycles. The molecule has 0 fully saturated rings. The standard InChI is InChI=1S/C21H35NO3Si/c1-10-13-16-18(24-7)15-14-17(20(23)22(11-2)12-3)19(16)25-26(8,9)21(4,5)6/h10,14-15H,1,11-13H2,2-9H3/i14D. The Bertz CT molecular complexity index is 692. The Morgan fingerprint density at radius 1 is 1.35 bits per heavy atom. The van der Waals surface area contributed by atoms with E-state index in [1.54, 1.807) is 24.2 Å². The van der Waals surface area contributed by atoms with Crippen LogP contribution in [0.25, 0.3) is 0 Å². The molecule has 26 heavy (non-hydrogen) atoms. The van der Waals surface area contributed by atoms with Crippen LogP contribution in [-0.4, -0.2) is 39.3 Å². The summed E-state index contributed by atoms with van der Waals surface area (Å²) in [5.74, 6) is 0.874. The van der Waals surface area contributed by atoms with Gasteiger partial charge in [0.2, 0.25) is 0 Å². The normalized spacial score (nSPS) is 12.4. The fourth-order valence-electron chi connectivity index (χ4n) is 2.42. The van der Waals surface area contributed by atoms with Gasteiger partial charge in [0.1, 0.15) is 11.5 Å². The van der Waals surface area contributed by atoms with E-state index in [0.717, 1.165) is 5.56 Å². The molecule has 1 amide bonds. The van der Waals surface area contributed by atoms with E-state index in [4.69, 9.17) is 10.5 Å². The van der Waals surface area contributed by atoms with Gasteiger partial charge in [-0.15, -0.1) is 6.58 Å². The summed E-state index contributed by atoms with van der Waals surface area (Å²) >= 11 is 0. The number of carbonyl (C=O) groups is 1. The minimum Gasteiger partial charge on any atom is -0.543 e. The van der Waals surface area contributed by atoms with E-state index in [1.165, 1.54) is 0 Å². The molecule has 0 aliphatic heterocycles. The second-order valence-corrected chi connectivity index (χ2v) is 12.6. The molecule has 5 heteroatoms. The Morgan fingerprint density at radius 3 is 2.35 bits per heavy atom. The lowest BCUT2D eigenvalue weighted by molar-refractivity contribution is 0.0770. The fraction of sp³-hybridized carbons (Fsp3) is 0.571. The van der Waals surface area contributed by atoms with Crippen LogP contribution in [0.2, 0.25) is 18.1 Å². The number of benzene rings is 1. The highest BCUT2D eigenvalue weighted by Crippen LogP contribution is 2.42. The maximum Gasteiger partial charge on any atom is 0.257 e. The van der Waals surface area contributed by atoms with Gasteiger partial charge in [0, 0.05) is 18.7 Å². The van der Waals surface area contributed by atoms with Crippen LogP contribution in [0.1, 0.15) is 51.9 Å². The molecule has 1 aromatic rings. The van der Waals surface area contributed by atoms with E-state index >= 15 is 0 Å². The van der Waals surface area contributed by atoms with Crippen LogP contribution in [-0.2, 0) is 6.42 Å². The molecule has 0 aliphatic carbocycles. The third kappa shape index (κ3) is 4.70. The van der Waals surface area contributed by atoms with Crippen molar-refractivity contribution < 1.29 is 15.3 Å². The van der Waals surface area contributed by atoms with Gasteiger partial charge in [-0.1, -0.05) is 26.8 Å². The van der Waals surface area contributed by atoms with Crippen LogP contribution in [0.4, 0.5) is 0 Å². The Hall–Kier alpha value is -1.75. The smallest absolute Gasteiger partial charge is 0.257 e. The number of amides is 1. The van der Waals surface area contributed by atoms with Crippen LogP contribution in [0.15, 0.2) is 24.8 Å². The maximum atomic E-state index is 13.2. The van der Waals surface area contributed by atoms with Gasteiger partial charge in [-0.25, -0.2) is 0 Å². The minimum atomic E-state index is -2.24. The average Bonchev–Trinajstić information content (AvgIpc) is 2.56. The third-order valence-electron chi connectivity index (χ3n) is 5.14. The molecule has 0 unspecified atom stereocenters. The first-order valence-electron chi connectivity index (χ1n) is 9.74. The number of allylic oxidation sites excluding steroid dienone is 1. The molecule has 1 aromatic carbocycles. The fourth-order valence-corrected chi connectivity index (χ4v) is 3.46. The zero-order chi connectivity index (χ0) is 21.0. The highest BCUT2D eigenvalue weighted by Gasteiger charge is 2.40. The molecule has 0 aliphatic rings. The van der Waals surface area contributed by atoms with Gasteiger partial charge >= 0.3 is 0 Å². The van der Waals surface area contributed by atoms with Crippen molar-refractivity contribution in [3.05, 3.63) is 35.9 Å². The molecule has 0 saturated carbocycles. The number of ether oxygens (including phenoxy) is 1. The van der Waals surface area contributed by atoms with Crippen molar-refractivity contribution >= 4 is 14.2 Å². The number of hydrogen-bond donors (Lipinski definition) is 0. The minimum absolute atomic E-state index is 0.0424. The Kier molecular flexibility index (Phi) is 6.92. The first-order valence-corrected chi connectivity index (χ1v) is 12.2. The lowest BCUT2D eigenvalue weighted by atomic mass is 10.0. The van der Waals surface area contributed by atoms with E-state index < -0.39 is 8.32 Å². The van der Waals surface area contributed by atoms with Crippen molar-refractivity contribution in [3.63, 3.8) is 0 Å². The summed E-state index contributed by atoms with van der Waals surface area (Å²) in [6.45, 7) is 19.6. The van der Waals surface area contributed by atoms with E-state index in [0.29, 0.717) is 36.6 Å². The van der Waals surface area contributed by atoms with Crippen LogP contribution in [0.3, 0.4) is 0 Å². The largest absolute Gasteiger partial charge is 0.543 e. The van der Waals surface area contributed by atoms with E-state index in [-0.39, 0.29) is 17.0 Å². The van der Waals surface area contributed by atoms with Crippen molar-refractivity contribution in [2.24, 2.45) is 0 Å². The van der Waals surface area contributed by atoms with Gasteiger partial charge in [-0.3, -0.25) is 4.79 Å². The molecule has 0 aromatic heterocycles. The third-order valence-corrected chi connectivity index (χ3v) is 9.47. The summed E-state index contributed by atoms with van der Waals surface area (Å²) in [5, 5.41) is -0.0424. The molecule has 4 nitrogen and oxygen atoms in total. The average molecular weight is 379 g/mol. The highest BCUT2D eigenvalue weighted by atomic mass is 28.4. The first kappa shape index (κ1) is 20.6. The SMILES string of the molecule is [2H]c1cc(OC)c(CC=C)c(O[Si](C)(C)C(C)(C)C)c1C(=O)N(CC)CC. The lowest BCUT2D eigenvalue weighted by Crippen LogP contribution is -2.44. The van der Waals surface area contributed by atoms with E-state index in [9.17, 15) is 4.79 Å². The topological polar surface area (TPSA) is 38.8 Å². The van der Waals surface area contributed by atoms with Gasteiger partial charge in [0.15, 0.2) is 0 Å². The van der Waals surface area contributed by atoms with Crippen molar-refractivity contribution in [2.75, 3.05) is 20.2 Å². The maximum absolute atomic E-state index is 13.2. The lowest BCUT2D eigenvalue weighted by Gasteiger charge is -2.38. The van der Waals surface area contributed by atoms with E-state index in [2.05, 4.69) is 40.4 Å². The highest BCUT2D eigenvalue weighted by molar-refractivity contribution is 6.74. The molecule has 146 valence electrons. The predicted molar refractivity (Wildman–Crippen MR) is 112 cm³/mol. The van der Waals surface area contributed by atoms with Gasteiger partial charge < -0.3 is 14.1 Å². The molecule has 0 bridgehead atoms. The second kappa shape index (κ2) is 8.76. The van der Waals surface area contributed by atoms with Crippen molar-refractivity contribution in [1.29, 1.82) is 0 Å². The molecule has 0 spiro atoms. The predicted octanol–water partition coefficient (Wildman–Crippen LogP) is 5.29. The van der Waals surface area contributed by atoms with Gasteiger partial charge in [0.25, 0.3) is 14.2 Å². The summed E-state index contributed by atoms with van der Waals surface area (Å²) in [4.78, 5) is 14.9. The molecule has 0 radical (unpaired) electrons. The molecule has 1 rings (SSSR count). The van der Waals surface area contributed by atoms with Gasteiger partial charge in [0.05, 0.1) is 14.0 Å². The Balaban J connectivity index is 3.78. The summed E-state index contributed by atoms with van der Waals surface area (Å²) in [7, 11) is -0.668. The summed E-state index contributed by atoms with van der Waals surface area (Å²) in [5.41, 5.74) is 1.10. The number of rotatable bonds is 8. The van der Waals surface area contributed by atoms with Gasteiger partial charge in [-0.2, -0.15) is 0 Å². The van der Waals surface area contributed by atoms with Crippen LogP contribution in [0.5, 0.6) is 11.5 Å².